The number of rotatable bonds is 6. The minimum Gasteiger partial charge on any atom is -0.350 e. The van der Waals surface area contributed by atoms with Crippen molar-refractivity contribution in [3.05, 3.63) is 58.3 Å². The van der Waals surface area contributed by atoms with Gasteiger partial charge in [0.1, 0.15) is 0 Å². The zero-order chi connectivity index (χ0) is 17.8. The molecule has 1 aliphatic heterocycles. The predicted octanol–water partition coefficient (Wildman–Crippen LogP) is 4.80. The summed E-state index contributed by atoms with van der Waals surface area (Å²) in [4.78, 5) is 0.0823. The molecule has 0 saturated carbocycles. The Morgan fingerprint density at radius 1 is 1.08 bits per heavy atom. The first-order chi connectivity index (χ1) is 12.0. The Morgan fingerprint density at radius 3 is 2.40 bits per heavy atom. The normalized spacial score (nSPS) is 18.0. The van der Waals surface area contributed by atoms with Gasteiger partial charge in [0.25, 0.3) is 0 Å². The highest BCUT2D eigenvalue weighted by Crippen LogP contribution is 2.43. The quantitative estimate of drug-likeness (QED) is 0.684. The van der Waals surface area contributed by atoms with Gasteiger partial charge in [-0.2, -0.15) is 18.3 Å². The Morgan fingerprint density at radius 2 is 1.80 bits per heavy atom. The molecule has 0 N–H and O–H groups in total. The fourth-order valence-electron chi connectivity index (χ4n) is 2.71. The lowest BCUT2D eigenvalue weighted by atomic mass is 10.0. The minimum atomic E-state index is -4.62. The van der Waals surface area contributed by atoms with E-state index in [9.17, 15) is 13.2 Å². The van der Waals surface area contributed by atoms with Gasteiger partial charge >= 0.3 is 6.18 Å². The Labute approximate surface area is 148 Å². The highest BCUT2D eigenvalue weighted by Gasteiger charge is 2.57. The second kappa shape index (κ2) is 7.58. The van der Waals surface area contributed by atoms with Gasteiger partial charge in [-0.3, -0.25) is 5.01 Å². The van der Waals surface area contributed by atoms with E-state index in [1.54, 1.807) is 40.7 Å². The molecule has 0 spiro atoms. The molecule has 2 heterocycles. The fraction of sp³-hybridized carbons (Fsp3) is 0.389. The number of ether oxygens (including phenoxy) is 1. The molecule has 3 rings (SSSR count). The molecule has 134 valence electrons. The number of benzene rings is 1. The van der Waals surface area contributed by atoms with Crippen LogP contribution >= 0.6 is 11.3 Å². The van der Waals surface area contributed by atoms with E-state index in [2.05, 4.69) is 5.10 Å². The van der Waals surface area contributed by atoms with Crippen LogP contribution in [0.4, 0.5) is 13.2 Å². The number of halogens is 3. The van der Waals surface area contributed by atoms with Crippen LogP contribution in [0.5, 0.6) is 0 Å². The summed E-state index contributed by atoms with van der Waals surface area (Å²) in [5.41, 5.74) is -1.86. The summed E-state index contributed by atoms with van der Waals surface area (Å²) in [6, 6.07) is 11.9. The van der Waals surface area contributed by atoms with Crippen molar-refractivity contribution in [2.75, 3.05) is 13.1 Å². The third kappa shape index (κ3) is 4.04. The van der Waals surface area contributed by atoms with E-state index >= 15 is 0 Å². The van der Waals surface area contributed by atoms with Crippen molar-refractivity contribution in [1.82, 2.24) is 5.01 Å². The average Bonchev–Trinajstić information content (AvgIpc) is 3.29. The topological polar surface area (TPSA) is 24.8 Å². The summed E-state index contributed by atoms with van der Waals surface area (Å²) >= 11 is 1.02. The van der Waals surface area contributed by atoms with Gasteiger partial charge in [-0.05, 0) is 29.9 Å². The SMILES string of the molecule is FC(F)(F)C(/C=N/N1CCCC1)(OCc1ccccc1)c1cccs1. The van der Waals surface area contributed by atoms with E-state index in [-0.39, 0.29) is 11.5 Å². The van der Waals surface area contributed by atoms with Gasteiger partial charge in [0.2, 0.25) is 5.60 Å². The molecule has 0 amide bonds. The van der Waals surface area contributed by atoms with Crippen LogP contribution in [-0.2, 0) is 16.9 Å². The summed E-state index contributed by atoms with van der Waals surface area (Å²) in [6.45, 7) is 1.20. The Hall–Kier alpha value is -1.86. The maximum absolute atomic E-state index is 14.1. The monoisotopic (exact) mass is 368 g/mol. The van der Waals surface area contributed by atoms with Crippen molar-refractivity contribution >= 4 is 17.6 Å². The molecular formula is C18H19F3N2OS. The van der Waals surface area contributed by atoms with E-state index in [1.807, 2.05) is 6.07 Å². The maximum atomic E-state index is 14.1. The molecule has 2 aromatic rings. The molecule has 1 atom stereocenters. The van der Waals surface area contributed by atoms with Crippen LogP contribution in [0.15, 0.2) is 52.9 Å². The zero-order valence-corrected chi connectivity index (χ0v) is 14.4. The van der Waals surface area contributed by atoms with Crippen molar-refractivity contribution in [2.45, 2.75) is 31.2 Å². The molecule has 7 heteroatoms. The first-order valence-corrected chi connectivity index (χ1v) is 8.98. The van der Waals surface area contributed by atoms with E-state index in [4.69, 9.17) is 4.74 Å². The summed E-state index contributed by atoms with van der Waals surface area (Å²) < 4.78 is 47.8. The lowest BCUT2D eigenvalue weighted by Gasteiger charge is -2.32. The molecular weight excluding hydrogens is 349 g/mol. The van der Waals surface area contributed by atoms with Crippen molar-refractivity contribution < 1.29 is 17.9 Å². The standard InChI is InChI=1S/C18H19F3N2OS/c19-18(20,21)17(16-9-6-12-25-16,14-22-23-10-4-5-11-23)24-13-15-7-2-1-3-8-15/h1-3,6-9,12,14H,4-5,10-11,13H2/b22-14+. The number of thiophene rings is 1. The fourth-order valence-corrected chi connectivity index (χ4v) is 3.57. The molecule has 1 unspecified atom stereocenters. The van der Waals surface area contributed by atoms with Crippen LogP contribution in [0.3, 0.4) is 0 Å². The number of hydrogen-bond donors (Lipinski definition) is 0. The molecule has 1 saturated heterocycles. The zero-order valence-electron chi connectivity index (χ0n) is 13.6. The molecule has 3 nitrogen and oxygen atoms in total. The van der Waals surface area contributed by atoms with Crippen LogP contribution in [0, 0.1) is 0 Å². The van der Waals surface area contributed by atoms with Gasteiger partial charge in [0.05, 0.1) is 17.7 Å². The summed E-state index contributed by atoms with van der Waals surface area (Å²) in [7, 11) is 0. The highest BCUT2D eigenvalue weighted by atomic mass is 32.1. The van der Waals surface area contributed by atoms with Gasteiger partial charge in [-0.25, -0.2) is 0 Å². The van der Waals surface area contributed by atoms with Gasteiger partial charge in [0, 0.05) is 13.1 Å². The van der Waals surface area contributed by atoms with Crippen LogP contribution in [0.25, 0.3) is 0 Å². The van der Waals surface area contributed by atoms with E-state index in [0.29, 0.717) is 18.7 Å². The van der Waals surface area contributed by atoms with Gasteiger partial charge in [0.15, 0.2) is 0 Å². The molecule has 1 aromatic carbocycles. The first-order valence-electron chi connectivity index (χ1n) is 8.10. The van der Waals surface area contributed by atoms with Crippen LogP contribution < -0.4 is 0 Å². The lowest BCUT2D eigenvalue weighted by molar-refractivity contribution is -0.254. The van der Waals surface area contributed by atoms with Crippen molar-refractivity contribution in [2.24, 2.45) is 5.10 Å². The van der Waals surface area contributed by atoms with Crippen molar-refractivity contribution in [3.63, 3.8) is 0 Å². The third-order valence-corrected chi connectivity index (χ3v) is 5.09. The predicted molar refractivity (Wildman–Crippen MR) is 92.6 cm³/mol. The molecule has 0 bridgehead atoms. The van der Waals surface area contributed by atoms with Gasteiger partial charge in [-0.15, -0.1) is 11.3 Å². The second-order valence-corrected chi connectivity index (χ2v) is 6.84. The average molecular weight is 368 g/mol. The first kappa shape index (κ1) is 17.9. The summed E-state index contributed by atoms with van der Waals surface area (Å²) in [6.07, 6.45) is -1.80. The van der Waals surface area contributed by atoms with Crippen LogP contribution in [0.2, 0.25) is 0 Å². The molecule has 0 aliphatic carbocycles. The van der Waals surface area contributed by atoms with Crippen LogP contribution in [-0.4, -0.2) is 30.5 Å². The summed E-state index contributed by atoms with van der Waals surface area (Å²) in [5, 5.41) is 7.38. The van der Waals surface area contributed by atoms with E-state index in [1.165, 1.54) is 6.07 Å². The highest BCUT2D eigenvalue weighted by molar-refractivity contribution is 7.10. The minimum absolute atomic E-state index is 0.0823. The number of nitrogens with zero attached hydrogens (tertiary/aromatic N) is 2. The lowest BCUT2D eigenvalue weighted by Crippen LogP contribution is -2.46. The van der Waals surface area contributed by atoms with E-state index < -0.39 is 11.8 Å². The Kier molecular flexibility index (Phi) is 5.44. The molecule has 0 radical (unpaired) electrons. The van der Waals surface area contributed by atoms with Crippen molar-refractivity contribution in [1.29, 1.82) is 0 Å². The maximum Gasteiger partial charge on any atom is 0.427 e. The molecule has 1 aliphatic rings. The number of alkyl halides is 3. The van der Waals surface area contributed by atoms with Crippen LogP contribution in [0.1, 0.15) is 23.3 Å². The molecule has 1 fully saturated rings. The number of hydrogen-bond acceptors (Lipinski definition) is 4. The number of hydrazone groups is 1. The summed E-state index contributed by atoms with van der Waals surface area (Å²) in [5.74, 6) is 0. The largest absolute Gasteiger partial charge is 0.427 e. The third-order valence-electron chi connectivity index (χ3n) is 4.10. The Balaban J connectivity index is 1.92. The smallest absolute Gasteiger partial charge is 0.350 e. The van der Waals surface area contributed by atoms with Gasteiger partial charge < -0.3 is 4.74 Å². The molecule has 1 aromatic heterocycles. The van der Waals surface area contributed by atoms with E-state index in [0.717, 1.165) is 30.4 Å². The molecule has 25 heavy (non-hydrogen) atoms. The Bertz CT molecular complexity index is 682. The second-order valence-electron chi connectivity index (χ2n) is 5.89. The van der Waals surface area contributed by atoms with Gasteiger partial charge in [-0.1, -0.05) is 36.4 Å². The van der Waals surface area contributed by atoms with Crippen molar-refractivity contribution in [3.8, 4) is 0 Å².